The van der Waals surface area contributed by atoms with Crippen molar-refractivity contribution >= 4 is 22.9 Å². The summed E-state index contributed by atoms with van der Waals surface area (Å²) in [7, 11) is 1.93. The number of piperazine rings is 1. The topological polar surface area (TPSA) is 75.1 Å². The minimum atomic E-state index is -0.355. The molecule has 0 atom stereocenters. The number of hydrogen-bond acceptors (Lipinski definition) is 6. The Morgan fingerprint density at radius 2 is 1.86 bits per heavy atom. The minimum Gasteiger partial charge on any atom is -0.369 e. The molecular formula is C28H30N6OS. The Bertz CT molecular complexity index is 1400. The van der Waals surface area contributed by atoms with E-state index in [1.807, 2.05) is 42.8 Å². The third kappa shape index (κ3) is 4.42. The van der Waals surface area contributed by atoms with E-state index in [0.29, 0.717) is 0 Å². The van der Waals surface area contributed by atoms with Crippen LogP contribution in [0.15, 0.2) is 60.5 Å². The molecule has 0 radical (unpaired) electrons. The first-order chi connectivity index (χ1) is 17.5. The standard InChI is InChI=1S/C28H30N6OS/c1-19-3-4-24(34-9-7-29-8-10-34)14-25(19)27(35)32-28(5-6-28)23-12-20(22-15-31-33(2)17-22)11-21(13-23)26-16-30-18-36-26/h3-4,11-18,29H,5-10H2,1-2H3,(H,32,35). The maximum absolute atomic E-state index is 13.6. The van der Waals surface area contributed by atoms with Crippen molar-refractivity contribution in [2.75, 3.05) is 31.1 Å². The first-order valence-corrected chi connectivity index (χ1v) is 13.3. The second kappa shape index (κ2) is 9.19. The molecular weight excluding hydrogens is 468 g/mol. The highest BCUT2D eigenvalue weighted by Crippen LogP contribution is 2.48. The van der Waals surface area contributed by atoms with Crippen molar-refractivity contribution in [2.45, 2.75) is 25.3 Å². The van der Waals surface area contributed by atoms with Gasteiger partial charge in [0.15, 0.2) is 0 Å². The fraction of sp³-hybridized carbons (Fsp3) is 0.321. The van der Waals surface area contributed by atoms with Crippen molar-refractivity contribution in [3.05, 3.63) is 77.2 Å². The first kappa shape index (κ1) is 22.9. The van der Waals surface area contributed by atoms with E-state index in [2.05, 4.69) is 62.0 Å². The van der Waals surface area contributed by atoms with Crippen LogP contribution in [-0.4, -0.2) is 46.9 Å². The highest BCUT2D eigenvalue weighted by atomic mass is 32.1. The summed E-state index contributed by atoms with van der Waals surface area (Å²) >= 11 is 1.62. The summed E-state index contributed by atoms with van der Waals surface area (Å²) in [6.45, 7) is 5.85. The van der Waals surface area contributed by atoms with E-state index in [1.165, 1.54) is 0 Å². The summed E-state index contributed by atoms with van der Waals surface area (Å²) in [5, 5.41) is 11.2. The van der Waals surface area contributed by atoms with E-state index in [4.69, 9.17) is 0 Å². The van der Waals surface area contributed by atoms with Gasteiger partial charge in [0, 0.05) is 62.4 Å². The van der Waals surface area contributed by atoms with Gasteiger partial charge in [-0.15, -0.1) is 11.3 Å². The molecule has 4 aromatic rings. The zero-order chi connectivity index (χ0) is 24.7. The molecule has 0 unspecified atom stereocenters. The number of amides is 1. The van der Waals surface area contributed by atoms with Gasteiger partial charge in [-0.3, -0.25) is 14.5 Å². The van der Waals surface area contributed by atoms with Gasteiger partial charge in [-0.25, -0.2) is 0 Å². The number of thiazole rings is 1. The van der Waals surface area contributed by atoms with Gasteiger partial charge in [0.05, 0.1) is 22.1 Å². The van der Waals surface area contributed by atoms with Crippen LogP contribution in [0.2, 0.25) is 0 Å². The molecule has 0 spiro atoms. The van der Waals surface area contributed by atoms with E-state index in [9.17, 15) is 4.79 Å². The number of nitrogens with zero attached hydrogens (tertiary/aromatic N) is 4. The van der Waals surface area contributed by atoms with E-state index >= 15 is 0 Å². The van der Waals surface area contributed by atoms with Crippen LogP contribution in [0, 0.1) is 6.92 Å². The van der Waals surface area contributed by atoms with Crippen LogP contribution in [0.4, 0.5) is 5.69 Å². The summed E-state index contributed by atoms with van der Waals surface area (Å²) in [4.78, 5) is 21.4. The van der Waals surface area contributed by atoms with E-state index in [0.717, 1.165) is 83.0 Å². The van der Waals surface area contributed by atoms with Gasteiger partial charge in [-0.2, -0.15) is 5.10 Å². The van der Waals surface area contributed by atoms with Gasteiger partial charge in [-0.05, 0) is 72.4 Å². The van der Waals surface area contributed by atoms with Crippen molar-refractivity contribution in [3.63, 3.8) is 0 Å². The van der Waals surface area contributed by atoms with Crippen LogP contribution in [0.1, 0.15) is 34.3 Å². The molecule has 2 N–H and O–H groups in total. The average molecular weight is 499 g/mol. The van der Waals surface area contributed by atoms with Crippen molar-refractivity contribution in [1.29, 1.82) is 0 Å². The van der Waals surface area contributed by atoms with Crippen LogP contribution < -0.4 is 15.5 Å². The van der Waals surface area contributed by atoms with Gasteiger partial charge in [0.1, 0.15) is 0 Å². The third-order valence-corrected chi connectivity index (χ3v) is 8.11. The number of carbonyl (C=O) groups is 1. The van der Waals surface area contributed by atoms with Crippen LogP contribution >= 0.6 is 11.3 Å². The van der Waals surface area contributed by atoms with Crippen molar-refractivity contribution in [3.8, 4) is 21.6 Å². The fourth-order valence-corrected chi connectivity index (χ4v) is 5.62. The number of anilines is 1. The molecule has 3 heterocycles. The zero-order valence-electron chi connectivity index (χ0n) is 20.6. The van der Waals surface area contributed by atoms with Gasteiger partial charge in [0.2, 0.25) is 0 Å². The van der Waals surface area contributed by atoms with E-state index in [1.54, 1.807) is 11.3 Å². The first-order valence-electron chi connectivity index (χ1n) is 12.4. The molecule has 2 aliphatic rings. The lowest BCUT2D eigenvalue weighted by molar-refractivity contribution is 0.0930. The second-order valence-electron chi connectivity index (χ2n) is 9.84. The number of aromatic nitrogens is 3. The molecule has 7 nitrogen and oxygen atoms in total. The predicted octanol–water partition coefficient (Wildman–Crippen LogP) is 4.35. The van der Waals surface area contributed by atoms with Crippen molar-refractivity contribution in [1.82, 2.24) is 25.4 Å². The Morgan fingerprint density at radius 1 is 1.06 bits per heavy atom. The van der Waals surface area contributed by atoms with Crippen molar-refractivity contribution < 1.29 is 4.79 Å². The molecule has 1 saturated carbocycles. The molecule has 2 aromatic heterocycles. The average Bonchev–Trinajstić information content (AvgIpc) is 3.27. The molecule has 0 bridgehead atoms. The SMILES string of the molecule is Cc1ccc(N2CCNCC2)cc1C(=O)NC1(c2cc(-c3cnn(C)c3)cc(-c3cncs3)c2)CC1. The monoisotopic (exact) mass is 498 g/mol. The fourth-order valence-electron chi connectivity index (χ4n) is 5.01. The highest BCUT2D eigenvalue weighted by Gasteiger charge is 2.46. The summed E-state index contributed by atoms with van der Waals surface area (Å²) < 4.78 is 1.82. The summed E-state index contributed by atoms with van der Waals surface area (Å²) in [6, 6.07) is 12.9. The predicted molar refractivity (Wildman–Crippen MR) is 144 cm³/mol. The van der Waals surface area contributed by atoms with Gasteiger partial charge in [-0.1, -0.05) is 6.07 Å². The smallest absolute Gasteiger partial charge is 0.252 e. The Morgan fingerprint density at radius 3 is 2.56 bits per heavy atom. The Labute approximate surface area is 215 Å². The molecule has 1 amide bonds. The molecule has 8 heteroatoms. The summed E-state index contributed by atoms with van der Waals surface area (Å²) in [5.74, 6) is -0.00638. The molecule has 184 valence electrons. The van der Waals surface area contributed by atoms with E-state index in [-0.39, 0.29) is 11.4 Å². The molecule has 2 aromatic carbocycles. The number of carbonyl (C=O) groups excluding carboxylic acids is 1. The van der Waals surface area contributed by atoms with Crippen molar-refractivity contribution in [2.24, 2.45) is 7.05 Å². The molecule has 1 aliphatic carbocycles. The van der Waals surface area contributed by atoms with Gasteiger partial charge >= 0.3 is 0 Å². The Hall–Kier alpha value is -3.49. The normalized spacial score (nSPS) is 16.7. The van der Waals surface area contributed by atoms with Gasteiger partial charge < -0.3 is 15.5 Å². The maximum atomic E-state index is 13.6. The number of nitrogens with one attached hydrogen (secondary N) is 2. The lowest BCUT2D eigenvalue weighted by atomic mass is 9.95. The minimum absolute atomic E-state index is 0.00638. The summed E-state index contributed by atoms with van der Waals surface area (Å²) in [6.07, 6.45) is 7.67. The lowest BCUT2D eigenvalue weighted by Crippen LogP contribution is -2.43. The molecule has 6 rings (SSSR count). The van der Waals surface area contributed by atoms with Crippen LogP contribution in [0.5, 0.6) is 0 Å². The number of aryl methyl sites for hydroxylation is 2. The molecule has 2 fully saturated rings. The van der Waals surface area contributed by atoms with Gasteiger partial charge in [0.25, 0.3) is 5.91 Å². The van der Waals surface area contributed by atoms with Crippen LogP contribution in [0.25, 0.3) is 21.6 Å². The summed E-state index contributed by atoms with van der Waals surface area (Å²) in [5.41, 5.74) is 8.78. The lowest BCUT2D eigenvalue weighted by Gasteiger charge is -2.30. The number of benzene rings is 2. The Balaban J connectivity index is 1.33. The maximum Gasteiger partial charge on any atom is 0.252 e. The number of hydrogen-bond donors (Lipinski definition) is 2. The quantitative estimate of drug-likeness (QED) is 0.414. The molecule has 36 heavy (non-hydrogen) atoms. The van der Waals surface area contributed by atoms with E-state index < -0.39 is 0 Å². The molecule has 1 aliphatic heterocycles. The largest absolute Gasteiger partial charge is 0.369 e. The number of rotatable bonds is 6. The molecule has 1 saturated heterocycles. The second-order valence-corrected chi connectivity index (χ2v) is 10.7. The van der Waals surface area contributed by atoms with Crippen LogP contribution in [-0.2, 0) is 12.6 Å². The van der Waals surface area contributed by atoms with Crippen LogP contribution in [0.3, 0.4) is 0 Å². The Kier molecular flexibility index (Phi) is 5.85. The zero-order valence-corrected chi connectivity index (χ0v) is 21.4. The highest BCUT2D eigenvalue weighted by molar-refractivity contribution is 7.13. The third-order valence-electron chi connectivity index (χ3n) is 7.29.